The first kappa shape index (κ1) is 56.9. The van der Waals surface area contributed by atoms with Crippen molar-refractivity contribution in [2.24, 2.45) is 71.0 Å². The molecule has 12 rings (SSSR count). The highest BCUT2D eigenvalue weighted by atomic mass is 19.4. The van der Waals surface area contributed by atoms with Crippen LogP contribution in [0.4, 0.5) is 26.3 Å². The molecule has 0 bridgehead atoms. The summed E-state index contributed by atoms with van der Waals surface area (Å²) in [6.45, 7) is 0. The Balaban J connectivity index is 0.697. The predicted molar refractivity (Wildman–Crippen MR) is 301 cm³/mol. The Hall–Kier alpha value is -0.540. The maximum atomic E-state index is 14.0. The molecule has 0 aromatic carbocycles. The van der Waals surface area contributed by atoms with E-state index < -0.39 is 36.5 Å². The molecule has 1 saturated heterocycles. The number of rotatable bonds is 11. The summed E-state index contributed by atoms with van der Waals surface area (Å²) in [6.07, 6.45) is 48.5. The number of likely N-dealkylation sites (tertiary alicyclic amines) is 1. The third-order valence-electron chi connectivity index (χ3n) is 26.7. The van der Waals surface area contributed by atoms with Gasteiger partial charge in [0.05, 0.1) is 11.8 Å². The average molecular weight is 1080 g/mol. The predicted octanol–water partition coefficient (Wildman–Crippen LogP) is 19.4. The lowest BCUT2D eigenvalue weighted by molar-refractivity contribution is -0.231. The number of alkyl halides is 6. The monoisotopic (exact) mass is 1080 g/mol. The van der Waals surface area contributed by atoms with Gasteiger partial charge in [-0.25, -0.2) is 0 Å². The lowest BCUT2D eigenvalue weighted by atomic mass is 9.62. The van der Waals surface area contributed by atoms with Gasteiger partial charge in [0, 0.05) is 54.4 Å². The lowest BCUT2D eigenvalue weighted by Gasteiger charge is -2.50. The van der Waals surface area contributed by atoms with E-state index in [1.165, 1.54) is 244 Å². The summed E-state index contributed by atoms with van der Waals surface area (Å²) in [7, 11) is 0. The van der Waals surface area contributed by atoms with Crippen molar-refractivity contribution in [2.75, 3.05) is 0 Å². The van der Waals surface area contributed by atoms with Crippen molar-refractivity contribution in [3.05, 3.63) is 0 Å². The van der Waals surface area contributed by atoms with Gasteiger partial charge in [0.25, 0.3) is 0 Å². The summed E-state index contributed by atoms with van der Waals surface area (Å²) in [5.41, 5.74) is 0. The van der Waals surface area contributed by atoms with E-state index in [1.807, 2.05) is 0 Å². The SMILES string of the molecule is FC(F)(F)C1CC(C2CCC(C3CCC(N4C5CCC(C6CCC(N(C7CCCCC7)C7CCCCC7)CC6)CC5C5CC(C6CCC(N(C7CCCCC7)C7CCCCC7)CC6)CCC54)CC3)CC2)CC(C(F)(F)F)C1. The minimum absolute atomic E-state index is 0.0157. The van der Waals surface area contributed by atoms with E-state index in [2.05, 4.69) is 14.7 Å². The van der Waals surface area contributed by atoms with Crippen molar-refractivity contribution < 1.29 is 26.3 Å². The first-order valence-corrected chi connectivity index (χ1v) is 34.9. The molecular formula is C68H111F6N3. The van der Waals surface area contributed by atoms with Gasteiger partial charge in [-0.2, -0.15) is 26.3 Å². The Morgan fingerprint density at radius 1 is 0.247 bits per heavy atom. The van der Waals surface area contributed by atoms with Crippen LogP contribution in [0, 0.1) is 71.0 Å². The Labute approximate surface area is 465 Å². The molecule has 1 heterocycles. The van der Waals surface area contributed by atoms with E-state index in [4.69, 9.17) is 0 Å². The summed E-state index contributed by atoms with van der Waals surface area (Å²) >= 11 is 0. The van der Waals surface area contributed by atoms with E-state index >= 15 is 0 Å². The normalized spacial score (nSPS) is 43.6. The van der Waals surface area contributed by atoms with Gasteiger partial charge >= 0.3 is 12.4 Å². The van der Waals surface area contributed by atoms with Crippen LogP contribution in [0.15, 0.2) is 0 Å². The molecule has 440 valence electrons. The molecule has 0 amide bonds. The summed E-state index contributed by atoms with van der Waals surface area (Å²) in [6, 6.07) is 7.36. The van der Waals surface area contributed by atoms with Gasteiger partial charge in [0.1, 0.15) is 0 Å². The number of nitrogens with zero attached hydrogens (tertiary/aromatic N) is 3. The second-order valence-electron chi connectivity index (χ2n) is 30.4. The molecule has 77 heavy (non-hydrogen) atoms. The van der Waals surface area contributed by atoms with E-state index in [9.17, 15) is 26.3 Å². The van der Waals surface area contributed by atoms with Crippen molar-refractivity contribution in [1.82, 2.24) is 14.7 Å². The first-order chi connectivity index (χ1) is 37.4. The summed E-state index contributed by atoms with van der Waals surface area (Å²) in [4.78, 5) is 9.66. The van der Waals surface area contributed by atoms with Gasteiger partial charge in [0.2, 0.25) is 0 Å². The van der Waals surface area contributed by atoms with Gasteiger partial charge in [0.15, 0.2) is 0 Å². The van der Waals surface area contributed by atoms with Crippen LogP contribution < -0.4 is 0 Å². The third kappa shape index (κ3) is 12.9. The molecular weight excluding hydrogens is 973 g/mol. The number of hydrogen-bond acceptors (Lipinski definition) is 3. The van der Waals surface area contributed by atoms with Gasteiger partial charge in [-0.05, 0) is 271 Å². The zero-order chi connectivity index (χ0) is 52.7. The Bertz CT molecular complexity index is 1640. The minimum atomic E-state index is -4.54. The summed E-state index contributed by atoms with van der Waals surface area (Å²) < 4.78 is 83.8. The molecule has 9 heteroatoms. The van der Waals surface area contributed by atoms with Crippen molar-refractivity contribution in [3.8, 4) is 0 Å². The van der Waals surface area contributed by atoms with Crippen molar-refractivity contribution in [2.45, 2.75) is 356 Å². The lowest BCUT2D eigenvalue weighted by Crippen LogP contribution is -2.52. The van der Waals surface area contributed by atoms with Gasteiger partial charge < -0.3 is 0 Å². The summed E-state index contributed by atoms with van der Waals surface area (Å²) in [5, 5.41) is 0. The molecule has 11 saturated carbocycles. The minimum Gasteiger partial charge on any atom is -0.294 e. The molecule has 8 unspecified atom stereocenters. The van der Waals surface area contributed by atoms with Crippen LogP contribution in [0.25, 0.3) is 0 Å². The second kappa shape index (κ2) is 25.4. The van der Waals surface area contributed by atoms with Crippen LogP contribution in [0.1, 0.15) is 289 Å². The van der Waals surface area contributed by atoms with E-state index in [0.717, 1.165) is 110 Å². The molecule has 0 N–H and O–H groups in total. The Morgan fingerprint density at radius 2 is 0.519 bits per heavy atom. The van der Waals surface area contributed by atoms with Crippen LogP contribution in [-0.2, 0) is 0 Å². The maximum Gasteiger partial charge on any atom is 0.391 e. The highest BCUT2D eigenvalue weighted by Crippen LogP contribution is 2.59. The van der Waals surface area contributed by atoms with Crippen molar-refractivity contribution in [1.29, 1.82) is 0 Å². The summed E-state index contributed by atoms with van der Waals surface area (Å²) in [5.74, 6) is 2.71. The van der Waals surface area contributed by atoms with Crippen LogP contribution in [0.2, 0.25) is 0 Å². The molecule has 11 aliphatic carbocycles. The Morgan fingerprint density at radius 3 is 0.857 bits per heavy atom. The topological polar surface area (TPSA) is 9.72 Å². The quantitative estimate of drug-likeness (QED) is 0.191. The molecule has 12 aliphatic rings. The van der Waals surface area contributed by atoms with E-state index in [-0.39, 0.29) is 18.8 Å². The van der Waals surface area contributed by atoms with E-state index in [0.29, 0.717) is 17.9 Å². The molecule has 0 radical (unpaired) electrons. The van der Waals surface area contributed by atoms with Crippen LogP contribution in [-0.4, -0.2) is 81.4 Å². The van der Waals surface area contributed by atoms with Gasteiger partial charge in [-0.3, -0.25) is 14.7 Å². The number of fused-ring (bicyclic) bond motifs is 3. The smallest absolute Gasteiger partial charge is 0.294 e. The molecule has 3 nitrogen and oxygen atoms in total. The van der Waals surface area contributed by atoms with Crippen molar-refractivity contribution in [3.63, 3.8) is 0 Å². The number of halogens is 6. The zero-order valence-electron chi connectivity index (χ0n) is 48.6. The van der Waals surface area contributed by atoms with Crippen LogP contribution in [0.3, 0.4) is 0 Å². The molecule has 0 aromatic rings. The zero-order valence-corrected chi connectivity index (χ0v) is 48.6. The van der Waals surface area contributed by atoms with E-state index in [1.54, 1.807) is 0 Å². The van der Waals surface area contributed by atoms with Gasteiger partial charge in [-0.15, -0.1) is 0 Å². The van der Waals surface area contributed by atoms with Crippen LogP contribution in [0.5, 0.6) is 0 Å². The number of hydrogen-bond donors (Lipinski definition) is 0. The standard InChI is InChI=1S/C68H111F6N3/c69-67(70,71)54-41-53(42-55(45-54)68(72,73)74)50-23-21-46(22-24-50)47-25-37-62(38-26-47)77-65-39-31-51(48-27-33-60(34-28-48)75(56-13-5-1-6-14-56)57-15-7-2-8-16-57)43-63(65)64-44-52(32-40-66(64)77)49-29-35-61(36-30-49)76(58-17-9-3-10-18-58)59-19-11-4-12-20-59/h46-66H,1-45H2. The molecule has 0 aromatic heterocycles. The van der Waals surface area contributed by atoms with Crippen molar-refractivity contribution >= 4 is 0 Å². The van der Waals surface area contributed by atoms with Crippen LogP contribution >= 0.6 is 0 Å². The largest absolute Gasteiger partial charge is 0.391 e. The highest BCUT2D eigenvalue weighted by molar-refractivity contribution is 5.09. The molecule has 8 atom stereocenters. The third-order valence-corrected chi connectivity index (χ3v) is 26.7. The highest BCUT2D eigenvalue weighted by Gasteiger charge is 2.57. The van der Waals surface area contributed by atoms with Gasteiger partial charge in [-0.1, -0.05) is 77.0 Å². The molecule has 1 aliphatic heterocycles. The fourth-order valence-corrected chi connectivity index (χ4v) is 23.0. The maximum absolute atomic E-state index is 14.0. The second-order valence-corrected chi connectivity index (χ2v) is 30.4. The first-order valence-electron chi connectivity index (χ1n) is 34.9. The fraction of sp³-hybridized carbons (Fsp3) is 1.00. The molecule has 0 spiro atoms. The average Bonchev–Trinajstić information content (AvgIpc) is 3.96. The molecule has 12 fully saturated rings. The Kier molecular flexibility index (Phi) is 18.7. The fourth-order valence-electron chi connectivity index (χ4n) is 23.0.